The van der Waals surface area contributed by atoms with Gasteiger partial charge in [0.25, 0.3) is 0 Å². The normalized spacial score (nSPS) is 8.00. The summed E-state index contributed by atoms with van der Waals surface area (Å²) in [5.41, 5.74) is 2.82. The summed E-state index contributed by atoms with van der Waals surface area (Å²) < 4.78 is 0. The van der Waals surface area contributed by atoms with E-state index in [-0.39, 0.29) is 0 Å². The first-order valence-corrected chi connectivity index (χ1v) is 2.84. The summed E-state index contributed by atoms with van der Waals surface area (Å²) in [6.07, 6.45) is 0. The Hall–Kier alpha value is -0.880. The Morgan fingerprint density at radius 1 is 1.11 bits per heavy atom. The van der Waals surface area contributed by atoms with Crippen molar-refractivity contribution >= 4 is 0 Å². The van der Waals surface area contributed by atoms with Crippen molar-refractivity contribution in [2.45, 2.75) is 0 Å². The molecule has 0 N–H and O–H groups in total. The molecule has 0 fully saturated rings. The summed E-state index contributed by atoms with van der Waals surface area (Å²) in [7, 11) is 7.86. The summed E-state index contributed by atoms with van der Waals surface area (Å²) in [6, 6.07) is 0. The summed E-state index contributed by atoms with van der Waals surface area (Å²) >= 11 is 0. The molecule has 0 unspecified atom stereocenters. The van der Waals surface area contributed by atoms with Gasteiger partial charge in [-0.1, -0.05) is 12.3 Å². The highest BCUT2D eigenvalue weighted by molar-refractivity contribution is 4.92. The van der Waals surface area contributed by atoms with Gasteiger partial charge >= 0.3 is 0 Å². The Morgan fingerprint density at radius 2 is 1.44 bits per heavy atom. The Morgan fingerprint density at radius 3 is 1.44 bits per heavy atom. The lowest BCUT2D eigenvalue weighted by Crippen LogP contribution is -2.23. The lowest BCUT2D eigenvalue weighted by Gasteiger charge is -2.21. The highest BCUT2D eigenvalue weighted by atomic mass is 15.3. The molecule has 0 heterocycles. The van der Waals surface area contributed by atoms with Crippen LogP contribution in [0.3, 0.4) is 0 Å². The van der Waals surface area contributed by atoms with E-state index < -0.39 is 0 Å². The van der Waals surface area contributed by atoms with Crippen LogP contribution in [0.4, 0.5) is 0 Å². The molecule has 0 spiro atoms. The highest BCUT2D eigenvalue weighted by Gasteiger charge is 1.97. The number of hydrogen-bond donors (Lipinski definition) is 0. The number of rotatable bonds is 2. The average molecular weight is 126 g/mol. The molecule has 0 aliphatic carbocycles. The van der Waals surface area contributed by atoms with E-state index >= 15 is 0 Å². The first-order chi connectivity index (χ1) is 4.09. The van der Waals surface area contributed by atoms with Gasteiger partial charge in [-0.25, -0.2) is 0 Å². The monoisotopic (exact) mass is 126 g/mol. The molecule has 9 heavy (non-hydrogen) atoms. The van der Waals surface area contributed by atoms with Gasteiger partial charge in [0.15, 0.2) is 0 Å². The topological polar surface area (TPSA) is 6.48 Å². The highest BCUT2D eigenvalue weighted by Crippen LogP contribution is 1.96. The molecular weight excluding hydrogens is 112 g/mol. The second-order valence-electron chi connectivity index (χ2n) is 2.29. The standard InChI is InChI=1S/C7H14N2/c1-6-7(8(2)3)9(4)5/h1H2,2-5H3. The minimum Gasteiger partial charge on any atom is -0.358 e. The Bertz CT molecular complexity index is 120. The van der Waals surface area contributed by atoms with E-state index in [1.165, 1.54) is 0 Å². The van der Waals surface area contributed by atoms with Gasteiger partial charge in [-0.05, 0) is 0 Å². The molecule has 0 rings (SSSR count). The zero-order chi connectivity index (χ0) is 7.44. The van der Waals surface area contributed by atoms with Gasteiger partial charge in [-0.15, -0.1) is 0 Å². The smallest absolute Gasteiger partial charge is 0.147 e. The van der Waals surface area contributed by atoms with Crippen molar-refractivity contribution in [1.82, 2.24) is 9.80 Å². The Labute approximate surface area is 57.1 Å². The van der Waals surface area contributed by atoms with Crippen LogP contribution < -0.4 is 0 Å². The van der Waals surface area contributed by atoms with Crippen molar-refractivity contribution in [3.63, 3.8) is 0 Å². The molecule has 0 atom stereocenters. The van der Waals surface area contributed by atoms with E-state index in [1.807, 2.05) is 38.0 Å². The van der Waals surface area contributed by atoms with Crippen LogP contribution in [0.5, 0.6) is 0 Å². The minimum absolute atomic E-state index is 0.995. The van der Waals surface area contributed by atoms with E-state index in [0.29, 0.717) is 0 Å². The molecule has 0 bridgehead atoms. The van der Waals surface area contributed by atoms with Crippen molar-refractivity contribution in [3.8, 4) is 0 Å². The maximum absolute atomic E-state index is 3.56. The lowest BCUT2D eigenvalue weighted by atomic mass is 10.6. The van der Waals surface area contributed by atoms with Crippen LogP contribution >= 0.6 is 0 Å². The maximum Gasteiger partial charge on any atom is 0.147 e. The lowest BCUT2D eigenvalue weighted by molar-refractivity contribution is 0.344. The molecule has 52 valence electrons. The quantitative estimate of drug-likeness (QED) is 0.503. The molecule has 0 aliphatic heterocycles. The minimum atomic E-state index is 0.995. The summed E-state index contributed by atoms with van der Waals surface area (Å²) in [4.78, 5) is 3.93. The van der Waals surface area contributed by atoms with Gasteiger partial charge in [0.1, 0.15) is 5.82 Å². The van der Waals surface area contributed by atoms with Gasteiger partial charge in [0.05, 0.1) is 0 Å². The molecule has 0 saturated carbocycles. The second-order valence-corrected chi connectivity index (χ2v) is 2.29. The molecule has 2 nitrogen and oxygen atoms in total. The van der Waals surface area contributed by atoms with Crippen LogP contribution in [0.15, 0.2) is 18.1 Å². The molecule has 0 radical (unpaired) electrons. The fourth-order valence-corrected chi connectivity index (χ4v) is 0.716. The van der Waals surface area contributed by atoms with E-state index in [1.54, 1.807) is 0 Å². The van der Waals surface area contributed by atoms with Crippen LogP contribution in [-0.2, 0) is 0 Å². The third-order valence-electron chi connectivity index (χ3n) is 1.01. The van der Waals surface area contributed by atoms with E-state index in [9.17, 15) is 0 Å². The van der Waals surface area contributed by atoms with Gasteiger partial charge in [0.2, 0.25) is 0 Å². The van der Waals surface area contributed by atoms with Gasteiger partial charge in [-0.2, -0.15) is 0 Å². The van der Waals surface area contributed by atoms with Gasteiger partial charge < -0.3 is 9.80 Å². The van der Waals surface area contributed by atoms with Gasteiger partial charge in [0, 0.05) is 28.2 Å². The van der Waals surface area contributed by atoms with Crippen molar-refractivity contribution in [2.24, 2.45) is 0 Å². The van der Waals surface area contributed by atoms with Crippen molar-refractivity contribution in [2.75, 3.05) is 28.2 Å². The molecular formula is C7H14N2. The van der Waals surface area contributed by atoms with E-state index in [2.05, 4.69) is 12.3 Å². The van der Waals surface area contributed by atoms with Crippen LogP contribution in [0.2, 0.25) is 0 Å². The first-order valence-electron chi connectivity index (χ1n) is 2.84. The second kappa shape index (κ2) is 3.21. The van der Waals surface area contributed by atoms with Crippen molar-refractivity contribution < 1.29 is 0 Å². The summed E-state index contributed by atoms with van der Waals surface area (Å²) in [6.45, 7) is 3.56. The Kier molecular flexibility index (Phi) is 2.89. The maximum atomic E-state index is 3.56. The SMILES string of the molecule is C=C=C(N(C)C)N(C)C. The number of hydrogen-bond acceptors (Lipinski definition) is 2. The van der Waals surface area contributed by atoms with Gasteiger partial charge in [-0.3, -0.25) is 0 Å². The third kappa shape index (κ3) is 2.24. The largest absolute Gasteiger partial charge is 0.358 e. The molecule has 0 aromatic rings. The van der Waals surface area contributed by atoms with Crippen molar-refractivity contribution in [3.05, 3.63) is 18.1 Å². The van der Waals surface area contributed by atoms with Crippen LogP contribution in [-0.4, -0.2) is 38.0 Å². The fourth-order valence-electron chi connectivity index (χ4n) is 0.716. The average Bonchev–Trinajstić information content (AvgIpc) is 1.64. The molecule has 2 heteroatoms. The third-order valence-corrected chi connectivity index (χ3v) is 1.01. The number of nitrogens with zero attached hydrogens (tertiary/aromatic N) is 2. The molecule has 0 amide bonds. The van der Waals surface area contributed by atoms with E-state index in [0.717, 1.165) is 5.82 Å². The molecule has 0 aliphatic rings. The van der Waals surface area contributed by atoms with E-state index in [4.69, 9.17) is 0 Å². The van der Waals surface area contributed by atoms with Crippen LogP contribution in [0, 0.1) is 0 Å². The predicted molar refractivity (Wildman–Crippen MR) is 40.0 cm³/mol. The summed E-state index contributed by atoms with van der Waals surface area (Å²) in [5.74, 6) is 0.995. The zero-order valence-corrected chi connectivity index (χ0v) is 6.60. The zero-order valence-electron chi connectivity index (χ0n) is 6.60. The van der Waals surface area contributed by atoms with Crippen LogP contribution in [0.25, 0.3) is 0 Å². The molecule has 0 aromatic heterocycles. The molecule has 0 saturated heterocycles. The first kappa shape index (κ1) is 8.12. The van der Waals surface area contributed by atoms with Crippen LogP contribution in [0.1, 0.15) is 0 Å². The van der Waals surface area contributed by atoms with Crippen molar-refractivity contribution in [1.29, 1.82) is 0 Å². The Balaban J connectivity index is 4.19. The summed E-state index contributed by atoms with van der Waals surface area (Å²) in [5, 5.41) is 0. The fraction of sp³-hybridized carbons (Fsp3) is 0.571. The molecule has 0 aromatic carbocycles. The predicted octanol–water partition coefficient (Wildman–Crippen LogP) is 0.736.